The molecule has 1 aromatic rings. The van der Waals surface area contributed by atoms with Crippen molar-refractivity contribution in [2.24, 2.45) is 11.8 Å². The molecule has 2 aliphatic heterocycles. The van der Waals surface area contributed by atoms with Crippen molar-refractivity contribution in [1.29, 1.82) is 0 Å². The van der Waals surface area contributed by atoms with E-state index in [4.69, 9.17) is 0 Å². The first-order valence-corrected chi connectivity index (χ1v) is 11.4. The number of amides is 3. The number of likely N-dealkylation sites (N-methyl/N-ethyl adjacent to an activating group) is 1. The number of allylic oxidation sites excluding steroid dienone is 2. The maximum absolute atomic E-state index is 12.5. The third kappa shape index (κ3) is 4.51. The number of likely N-dealkylation sites (tertiary alicyclic amines) is 1. The Kier molecular flexibility index (Phi) is 6.41. The average Bonchev–Trinajstić information content (AvgIpc) is 3.02. The van der Waals surface area contributed by atoms with Crippen LogP contribution in [0.25, 0.3) is 0 Å². The Morgan fingerprint density at radius 2 is 1.68 bits per heavy atom. The van der Waals surface area contributed by atoms with Crippen LogP contribution in [0.1, 0.15) is 31.7 Å². The number of nitrogens with one attached hydrogen (secondary N) is 1. The Balaban J connectivity index is 1.30. The summed E-state index contributed by atoms with van der Waals surface area (Å²) < 4.78 is 0. The zero-order valence-electron chi connectivity index (χ0n) is 18.5. The number of benzene rings is 1. The van der Waals surface area contributed by atoms with E-state index in [0.717, 1.165) is 44.0 Å². The fourth-order valence-corrected chi connectivity index (χ4v) is 4.92. The van der Waals surface area contributed by atoms with Crippen LogP contribution < -0.4 is 10.2 Å². The average molecular weight is 425 g/mol. The first-order chi connectivity index (χ1) is 15.0. The van der Waals surface area contributed by atoms with Crippen LogP contribution in [-0.2, 0) is 14.4 Å². The number of rotatable bonds is 6. The highest BCUT2D eigenvalue weighted by atomic mass is 16.2. The van der Waals surface area contributed by atoms with E-state index >= 15 is 0 Å². The van der Waals surface area contributed by atoms with Crippen LogP contribution in [0.15, 0.2) is 30.4 Å². The van der Waals surface area contributed by atoms with Crippen molar-refractivity contribution < 1.29 is 14.4 Å². The number of carbonyl (C=O) groups excluding carboxylic acids is 3. The van der Waals surface area contributed by atoms with Gasteiger partial charge in [-0.3, -0.25) is 19.3 Å². The summed E-state index contributed by atoms with van der Waals surface area (Å²) in [5.41, 5.74) is 3.08. The van der Waals surface area contributed by atoms with Gasteiger partial charge in [0.15, 0.2) is 0 Å². The number of aryl methyl sites for hydroxylation is 1. The molecule has 1 aromatic carbocycles. The second-order valence-electron chi connectivity index (χ2n) is 8.70. The summed E-state index contributed by atoms with van der Waals surface area (Å²) in [4.78, 5) is 43.7. The van der Waals surface area contributed by atoms with Crippen molar-refractivity contribution in [3.63, 3.8) is 0 Å². The molecule has 0 saturated carbocycles. The number of nitrogens with zero attached hydrogens (tertiary/aromatic N) is 3. The summed E-state index contributed by atoms with van der Waals surface area (Å²) in [7, 11) is 0. The molecule has 4 rings (SSSR count). The lowest BCUT2D eigenvalue weighted by molar-refractivity contribution is -0.140. The minimum atomic E-state index is -0.241. The van der Waals surface area contributed by atoms with E-state index in [0.29, 0.717) is 12.8 Å². The topological polar surface area (TPSA) is 73.0 Å². The van der Waals surface area contributed by atoms with Crippen LogP contribution >= 0.6 is 0 Å². The molecule has 31 heavy (non-hydrogen) atoms. The standard InChI is InChI=1S/C24H32N4O3/c1-3-26-12-14-27(15-13-26)21-9-8-18(16-17(21)2)25-22(29)10-11-28-23(30)19-6-4-5-7-20(19)24(28)31/h4-5,8-9,16,19-20H,3,6-7,10-15H2,1-2H3,(H,25,29). The second kappa shape index (κ2) is 9.22. The highest BCUT2D eigenvalue weighted by molar-refractivity contribution is 6.05. The van der Waals surface area contributed by atoms with Crippen LogP contribution in [0, 0.1) is 18.8 Å². The quantitative estimate of drug-likeness (QED) is 0.561. The third-order valence-corrected chi connectivity index (χ3v) is 6.80. The van der Waals surface area contributed by atoms with Gasteiger partial charge in [0, 0.05) is 50.5 Å². The zero-order chi connectivity index (χ0) is 22.0. The Morgan fingerprint density at radius 3 is 2.26 bits per heavy atom. The van der Waals surface area contributed by atoms with E-state index in [9.17, 15) is 14.4 Å². The molecule has 0 bridgehead atoms. The van der Waals surface area contributed by atoms with Crippen LogP contribution in [0.4, 0.5) is 11.4 Å². The van der Waals surface area contributed by atoms with Gasteiger partial charge < -0.3 is 15.1 Å². The lowest BCUT2D eigenvalue weighted by atomic mass is 9.85. The van der Waals surface area contributed by atoms with E-state index in [1.807, 2.05) is 24.3 Å². The maximum atomic E-state index is 12.5. The van der Waals surface area contributed by atoms with Crippen LogP contribution in [0.5, 0.6) is 0 Å². The lowest BCUT2D eigenvalue weighted by Crippen LogP contribution is -2.46. The summed E-state index contributed by atoms with van der Waals surface area (Å²) in [5.74, 6) is -0.923. The van der Waals surface area contributed by atoms with E-state index in [2.05, 4.69) is 35.0 Å². The van der Waals surface area contributed by atoms with E-state index in [-0.39, 0.29) is 42.5 Å². The summed E-state index contributed by atoms with van der Waals surface area (Å²) in [6, 6.07) is 5.99. The predicted octanol–water partition coefficient (Wildman–Crippen LogP) is 2.42. The number of imide groups is 1. The van der Waals surface area contributed by atoms with E-state index in [1.165, 1.54) is 10.6 Å². The van der Waals surface area contributed by atoms with Crippen molar-refractivity contribution in [2.45, 2.75) is 33.1 Å². The zero-order valence-corrected chi connectivity index (χ0v) is 18.5. The molecule has 166 valence electrons. The molecule has 2 fully saturated rings. The summed E-state index contributed by atoms with van der Waals surface area (Å²) in [6.45, 7) is 9.65. The van der Waals surface area contributed by atoms with E-state index in [1.54, 1.807) is 0 Å². The Hall–Kier alpha value is -2.67. The normalized spacial score (nSPS) is 23.9. The Morgan fingerprint density at radius 1 is 1.03 bits per heavy atom. The van der Waals surface area contributed by atoms with Gasteiger partial charge in [-0.25, -0.2) is 0 Å². The fraction of sp³-hybridized carbons (Fsp3) is 0.542. The van der Waals surface area contributed by atoms with E-state index < -0.39 is 0 Å². The first kappa shape index (κ1) is 21.6. The van der Waals surface area contributed by atoms with Gasteiger partial charge in [0.25, 0.3) is 0 Å². The second-order valence-corrected chi connectivity index (χ2v) is 8.70. The number of fused-ring (bicyclic) bond motifs is 1. The molecule has 0 spiro atoms. The van der Waals surface area contributed by atoms with Crippen LogP contribution in [-0.4, -0.2) is 66.8 Å². The molecular formula is C24H32N4O3. The van der Waals surface area contributed by atoms with Gasteiger partial charge in [0.2, 0.25) is 17.7 Å². The van der Waals surface area contributed by atoms with Gasteiger partial charge in [0.05, 0.1) is 11.8 Å². The molecule has 3 amide bonds. The molecule has 1 aliphatic carbocycles. The van der Waals surface area contributed by atoms with Gasteiger partial charge >= 0.3 is 0 Å². The molecule has 2 atom stereocenters. The monoisotopic (exact) mass is 424 g/mol. The molecule has 0 aromatic heterocycles. The number of piperazine rings is 1. The van der Waals surface area contributed by atoms with Crippen molar-refractivity contribution in [3.05, 3.63) is 35.9 Å². The number of hydrogen-bond donors (Lipinski definition) is 1. The van der Waals surface area contributed by atoms with Crippen molar-refractivity contribution in [1.82, 2.24) is 9.80 Å². The highest BCUT2D eigenvalue weighted by Gasteiger charge is 2.46. The van der Waals surface area contributed by atoms with Crippen LogP contribution in [0.3, 0.4) is 0 Å². The van der Waals surface area contributed by atoms with Gasteiger partial charge in [-0.15, -0.1) is 0 Å². The minimum Gasteiger partial charge on any atom is -0.369 e. The van der Waals surface area contributed by atoms with Gasteiger partial charge in [-0.05, 0) is 50.1 Å². The molecule has 7 heteroatoms. The highest BCUT2D eigenvalue weighted by Crippen LogP contribution is 2.35. The molecule has 2 heterocycles. The summed E-state index contributed by atoms with van der Waals surface area (Å²) in [5, 5.41) is 2.92. The smallest absolute Gasteiger partial charge is 0.233 e. The Labute approximate surface area is 184 Å². The molecule has 3 aliphatic rings. The van der Waals surface area contributed by atoms with Crippen LogP contribution in [0.2, 0.25) is 0 Å². The van der Waals surface area contributed by atoms with Gasteiger partial charge in [-0.2, -0.15) is 0 Å². The maximum Gasteiger partial charge on any atom is 0.233 e. The fourth-order valence-electron chi connectivity index (χ4n) is 4.92. The predicted molar refractivity (Wildman–Crippen MR) is 121 cm³/mol. The molecule has 1 N–H and O–H groups in total. The largest absolute Gasteiger partial charge is 0.369 e. The first-order valence-electron chi connectivity index (χ1n) is 11.4. The SMILES string of the molecule is CCN1CCN(c2ccc(NC(=O)CCN3C(=O)C4CC=CCC4C3=O)cc2C)CC1. The Bertz CT molecular complexity index is 863. The number of hydrogen-bond acceptors (Lipinski definition) is 5. The van der Waals surface area contributed by atoms with Gasteiger partial charge in [-0.1, -0.05) is 19.1 Å². The molecule has 0 radical (unpaired) electrons. The summed E-state index contributed by atoms with van der Waals surface area (Å²) >= 11 is 0. The van der Waals surface area contributed by atoms with Crippen molar-refractivity contribution in [3.8, 4) is 0 Å². The molecule has 2 saturated heterocycles. The van der Waals surface area contributed by atoms with Crippen molar-refractivity contribution >= 4 is 29.1 Å². The third-order valence-electron chi connectivity index (χ3n) is 6.80. The minimum absolute atomic E-state index is 0.115. The lowest BCUT2D eigenvalue weighted by Gasteiger charge is -2.36. The molecule has 2 unspecified atom stereocenters. The number of carbonyl (C=O) groups is 3. The summed E-state index contributed by atoms with van der Waals surface area (Å²) in [6.07, 6.45) is 5.30. The van der Waals surface area contributed by atoms with Gasteiger partial charge in [0.1, 0.15) is 0 Å². The number of anilines is 2. The van der Waals surface area contributed by atoms with Crippen molar-refractivity contribution in [2.75, 3.05) is 49.5 Å². The molecular weight excluding hydrogens is 392 g/mol. The molecule has 7 nitrogen and oxygen atoms in total.